The normalized spacial score (nSPS) is 17.0. The molecule has 1 aliphatic rings. The van der Waals surface area contributed by atoms with Crippen molar-refractivity contribution in [2.24, 2.45) is 5.73 Å². The van der Waals surface area contributed by atoms with Crippen molar-refractivity contribution in [3.05, 3.63) is 83.2 Å². The van der Waals surface area contributed by atoms with Gasteiger partial charge in [-0.1, -0.05) is 30.3 Å². The number of aromatic nitrogens is 3. The Morgan fingerprint density at radius 1 is 1.07 bits per heavy atom. The van der Waals surface area contributed by atoms with Crippen molar-refractivity contribution in [1.29, 1.82) is 0 Å². The number of nitrogens with zero attached hydrogens (tertiary/aromatic N) is 5. The van der Waals surface area contributed by atoms with Gasteiger partial charge in [-0.15, -0.1) is 0 Å². The number of halogens is 3. The van der Waals surface area contributed by atoms with Crippen LogP contribution in [0.5, 0.6) is 5.75 Å². The molecule has 0 saturated carbocycles. The van der Waals surface area contributed by atoms with Gasteiger partial charge in [0.1, 0.15) is 17.4 Å². The first-order valence-electron chi connectivity index (χ1n) is 13.0. The Kier molecular flexibility index (Phi) is 7.43. The highest BCUT2D eigenvalue weighted by atomic mass is 19.4. The summed E-state index contributed by atoms with van der Waals surface area (Å²) in [5, 5.41) is 3.95. The number of methoxy groups -OCH3 is 1. The number of carbonyl (C=O) groups excluding carboxylic acids is 2. The van der Waals surface area contributed by atoms with Crippen LogP contribution in [0.2, 0.25) is 0 Å². The molecule has 2 N–H and O–H groups in total. The minimum Gasteiger partial charge on any atom is -0.497 e. The van der Waals surface area contributed by atoms with Crippen LogP contribution in [0, 0.1) is 6.92 Å². The first-order valence-corrected chi connectivity index (χ1v) is 13.0. The quantitative estimate of drug-likeness (QED) is 0.377. The minimum absolute atomic E-state index is 0.0416. The highest BCUT2D eigenvalue weighted by Crippen LogP contribution is 2.37. The summed E-state index contributed by atoms with van der Waals surface area (Å²) in [5.74, 6) is -0.452. The minimum atomic E-state index is -4.75. The van der Waals surface area contributed by atoms with E-state index in [1.165, 1.54) is 14.0 Å². The number of benzene rings is 2. The van der Waals surface area contributed by atoms with E-state index in [-0.39, 0.29) is 35.1 Å². The van der Waals surface area contributed by atoms with Gasteiger partial charge in [0.15, 0.2) is 11.3 Å². The third-order valence-corrected chi connectivity index (χ3v) is 7.42. The summed E-state index contributed by atoms with van der Waals surface area (Å²) >= 11 is 0. The molecule has 1 saturated heterocycles. The Bertz CT molecular complexity index is 1590. The van der Waals surface area contributed by atoms with Gasteiger partial charge >= 0.3 is 6.18 Å². The molecule has 0 radical (unpaired) electrons. The van der Waals surface area contributed by atoms with E-state index in [4.69, 9.17) is 10.5 Å². The monoisotopic (exact) mass is 566 g/mol. The van der Waals surface area contributed by atoms with Gasteiger partial charge in [-0.25, -0.2) is 9.50 Å². The summed E-state index contributed by atoms with van der Waals surface area (Å²) in [6.07, 6.45) is -3.62. The number of piperazine rings is 1. The second kappa shape index (κ2) is 10.8. The lowest BCUT2D eigenvalue weighted by Crippen LogP contribution is -2.56. The zero-order valence-corrected chi connectivity index (χ0v) is 22.7. The van der Waals surface area contributed by atoms with Gasteiger partial charge in [0.05, 0.1) is 19.0 Å². The summed E-state index contributed by atoms with van der Waals surface area (Å²) in [6.45, 7) is 4.07. The van der Waals surface area contributed by atoms with E-state index in [9.17, 15) is 22.8 Å². The van der Waals surface area contributed by atoms with Gasteiger partial charge in [-0.2, -0.15) is 18.3 Å². The maximum Gasteiger partial charge on any atom is 0.433 e. The topological polar surface area (TPSA) is 106 Å². The molecular weight excluding hydrogens is 537 g/mol. The zero-order chi connectivity index (χ0) is 29.5. The van der Waals surface area contributed by atoms with Gasteiger partial charge < -0.3 is 15.4 Å². The van der Waals surface area contributed by atoms with Gasteiger partial charge in [0, 0.05) is 36.8 Å². The fraction of sp³-hybridized carbons (Fsp3) is 0.310. The standard InChI is InChI=1S/C29H29F3N6O3/c1-17-16-36(24(26(33)39)20-7-5-4-6-8-20)13-14-37(17)28(40)22-15-34-38-25(29(30,31)32)18(2)23(35-27(22)38)19-9-11-21(41-3)12-10-19/h4-12,15,17,24H,13-14,16H2,1-3H3,(H2,33,39)/t17-,24+/m1/s1. The molecule has 2 aromatic carbocycles. The second-order valence-corrected chi connectivity index (χ2v) is 10.0. The van der Waals surface area contributed by atoms with Gasteiger partial charge in [0.25, 0.3) is 5.91 Å². The molecule has 2 aromatic heterocycles. The fourth-order valence-electron chi connectivity index (χ4n) is 5.45. The molecular formula is C29H29F3N6O3. The molecule has 0 unspecified atom stereocenters. The predicted molar refractivity (Wildman–Crippen MR) is 145 cm³/mol. The van der Waals surface area contributed by atoms with Gasteiger partial charge in [-0.3, -0.25) is 14.5 Å². The Morgan fingerprint density at radius 2 is 1.76 bits per heavy atom. The molecule has 0 bridgehead atoms. The number of rotatable bonds is 6. The lowest BCUT2D eigenvalue weighted by molar-refractivity contribution is -0.143. The number of hydrogen-bond donors (Lipinski definition) is 1. The predicted octanol–water partition coefficient (Wildman–Crippen LogP) is 4.11. The Morgan fingerprint density at radius 3 is 2.34 bits per heavy atom. The average Bonchev–Trinajstić information content (AvgIpc) is 3.35. The van der Waals surface area contributed by atoms with Crippen molar-refractivity contribution in [2.75, 3.05) is 26.7 Å². The highest BCUT2D eigenvalue weighted by molar-refractivity contribution is 6.00. The maximum atomic E-state index is 14.3. The van der Waals surface area contributed by atoms with E-state index in [1.54, 1.807) is 29.2 Å². The van der Waals surface area contributed by atoms with E-state index >= 15 is 0 Å². The number of fused-ring (bicyclic) bond motifs is 1. The first kappa shape index (κ1) is 28.1. The molecule has 2 amide bonds. The molecule has 3 heterocycles. The molecule has 9 nitrogen and oxygen atoms in total. The van der Waals surface area contributed by atoms with E-state index in [1.807, 2.05) is 42.2 Å². The van der Waals surface area contributed by atoms with Crippen LogP contribution < -0.4 is 10.5 Å². The lowest BCUT2D eigenvalue weighted by Gasteiger charge is -2.42. The molecule has 4 aromatic rings. The summed E-state index contributed by atoms with van der Waals surface area (Å²) in [7, 11) is 1.49. The Labute approximate surface area is 234 Å². The van der Waals surface area contributed by atoms with Crippen LogP contribution in [0.25, 0.3) is 16.9 Å². The van der Waals surface area contributed by atoms with Crippen LogP contribution in [0.1, 0.15) is 40.1 Å². The van der Waals surface area contributed by atoms with Crippen molar-refractivity contribution in [3.8, 4) is 17.0 Å². The molecule has 1 aliphatic heterocycles. The van der Waals surface area contributed by atoms with E-state index in [0.717, 1.165) is 11.8 Å². The summed E-state index contributed by atoms with van der Waals surface area (Å²) in [6, 6.07) is 14.6. The van der Waals surface area contributed by atoms with Crippen molar-refractivity contribution in [2.45, 2.75) is 32.1 Å². The molecule has 2 atom stereocenters. The largest absolute Gasteiger partial charge is 0.497 e. The highest BCUT2D eigenvalue weighted by Gasteiger charge is 2.40. The SMILES string of the molecule is COc1ccc(-c2nc3c(C(=O)N4CCN([C@H](C(N)=O)c5ccccc5)C[C@H]4C)cnn3c(C(F)(F)F)c2C)cc1. The first-order chi connectivity index (χ1) is 19.5. The number of ether oxygens (including phenoxy) is 1. The average molecular weight is 567 g/mol. The molecule has 214 valence electrons. The van der Waals surface area contributed by atoms with Crippen LogP contribution in [0.15, 0.2) is 60.8 Å². The molecule has 5 rings (SSSR count). The summed E-state index contributed by atoms with van der Waals surface area (Å²) in [4.78, 5) is 34.1. The van der Waals surface area contributed by atoms with Gasteiger partial charge in [-0.05, 0) is 43.7 Å². The molecule has 0 spiro atoms. The zero-order valence-electron chi connectivity index (χ0n) is 22.7. The van der Waals surface area contributed by atoms with Crippen LogP contribution in [-0.2, 0) is 11.0 Å². The van der Waals surface area contributed by atoms with Gasteiger partial charge in [0.2, 0.25) is 5.91 Å². The van der Waals surface area contributed by atoms with Crippen molar-refractivity contribution in [1.82, 2.24) is 24.4 Å². The molecule has 0 aliphatic carbocycles. The molecule has 1 fully saturated rings. The number of primary amides is 1. The molecule has 12 heteroatoms. The van der Waals surface area contributed by atoms with Crippen LogP contribution >= 0.6 is 0 Å². The number of alkyl halides is 3. The number of amides is 2. The van der Waals surface area contributed by atoms with Crippen LogP contribution in [-0.4, -0.2) is 69.0 Å². The number of carbonyl (C=O) groups is 2. The third kappa shape index (κ3) is 5.22. The lowest BCUT2D eigenvalue weighted by atomic mass is 10.0. The Hall–Kier alpha value is -4.45. The summed E-state index contributed by atoms with van der Waals surface area (Å²) < 4.78 is 48.7. The third-order valence-electron chi connectivity index (χ3n) is 7.42. The Balaban J connectivity index is 1.50. The fourth-order valence-corrected chi connectivity index (χ4v) is 5.45. The second-order valence-electron chi connectivity index (χ2n) is 10.0. The van der Waals surface area contributed by atoms with E-state index in [2.05, 4.69) is 10.1 Å². The molecule has 41 heavy (non-hydrogen) atoms. The number of hydrogen-bond acceptors (Lipinski definition) is 6. The van der Waals surface area contributed by atoms with Crippen LogP contribution in [0.4, 0.5) is 13.2 Å². The van der Waals surface area contributed by atoms with E-state index in [0.29, 0.717) is 28.9 Å². The maximum absolute atomic E-state index is 14.3. The van der Waals surface area contributed by atoms with Crippen molar-refractivity contribution < 1.29 is 27.5 Å². The van der Waals surface area contributed by atoms with E-state index < -0.39 is 29.7 Å². The smallest absolute Gasteiger partial charge is 0.433 e. The summed E-state index contributed by atoms with van der Waals surface area (Å²) in [5.41, 5.74) is 5.68. The van der Waals surface area contributed by atoms with Crippen LogP contribution in [0.3, 0.4) is 0 Å². The number of nitrogens with two attached hydrogens (primary N) is 1. The van der Waals surface area contributed by atoms with Crippen molar-refractivity contribution >= 4 is 17.5 Å². The van der Waals surface area contributed by atoms with Crippen molar-refractivity contribution in [3.63, 3.8) is 0 Å².